The summed E-state index contributed by atoms with van der Waals surface area (Å²) in [5.41, 5.74) is 0.887. The van der Waals surface area contributed by atoms with Crippen LogP contribution in [0.15, 0.2) is 11.6 Å². The van der Waals surface area contributed by atoms with Crippen LogP contribution in [-0.4, -0.2) is 14.6 Å². The van der Waals surface area contributed by atoms with E-state index >= 15 is 0 Å². The third kappa shape index (κ3) is 2.19. The van der Waals surface area contributed by atoms with Gasteiger partial charge >= 0.3 is 0 Å². The summed E-state index contributed by atoms with van der Waals surface area (Å²) in [6, 6.07) is 0. The molecule has 2 aromatic heterocycles. The van der Waals surface area contributed by atoms with Crippen LogP contribution in [0.2, 0.25) is 0 Å². The molecular weight excluding hydrogens is 202 g/mol. The van der Waals surface area contributed by atoms with Crippen molar-refractivity contribution in [2.45, 2.75) is 6.92 Å². The zero-order chi connectivity index (χ0) is 9.10. The first-order valence-electron chi connectivity index (χ1n) is 3.72. The van der Waals surface area contributed by atoms with E-state index in [0.29, 0.717) is 0 Å². The molecule has 2 aromatic rings. The molecule has 0 fully saturated rings. The molecule has 0 bridgehead atoms. The number of aryl methyl sites for hydroxylation is 1. The summed E-state index contributed by atoms with van der Waals surface area (Å²) in [7, 11) is 0. The molecule has 0 N–H and O–H groups in total. The number of hydrogen-bond acceptors (Lipinski definition) is 5. The number of hydrogen-bond donors (Lipinski definition) is 0. The van der Waals surface area contributed by atoms with Crippen LogP contribution in [0.4, 0.5) is 0 Å². The Balaban J connectivity index is 2.14. The highest BCUT2D eigenvalue weighted by atomic mass is 32.1. The van der Waals surface area contributed by atoms with E-state index < -0.39 is 0 Å². The second-order valence-corrected chi connectivity index (χ2v) is 4.35. The maximum absolute atomic E-state index is 4.20. The van der Waals surface area contributed by atoms with E-state index in [2.05, 4.69) is 14.6 Å². The van der Waals surface area contributed by atoms with Gasteiger partial charge in [-0.25, -0.2) is 4.98 Å². The summed E-state index contributed by atoms with van der Waals surface area (Å²) in [6.07, 6.45) is 5.74. The molecule has 0 aliphatic rings. The van der Waals surface area contributed by atoms with Crippen molar-refractivity contribution in [3.05, 3.63) is 27.2 Å². The summed E-state index contributed by atoms with van der Waals surface area (Å²) in [4.78, 5) is 5.42. The summed E-state index contributed by atoms with van der Waals surface area (Å²) in [6.45, 7) is 2.04. The SMILES string of the molecule is Cc1cnc(/C=C/c2csnn2)s1. The zero-order valence-corrected chi connectivity index (χ0v) is 8.60. The van der Waals surface area contributed by atoms with Gasteiger partial charge in [0.25, 0.3) is 0 Å². The molecule has 3 nitrogen and oxygen atoms in total. The van der Waals surface area contributed by atoms with E-state index in [4.69, 9.17) is 0 Å². The lowest BCUT2D eigenvalue weighted by Gasteiger charge is -1.80. The maximum atomic E-state index is 4.20. The number of nitrogens with zero attached hydrogens (tertiary/aromatic N) is 3. The summed E-state index contributed by atoms with van der Waals surface area (Å²) >= 11 is 3.02. The summed E-state index contributed by atoms with van der Waals surface area (Å²) in [5, 5.41) is 6.80. The van der Waals surface area contributed by atoms with Crippen LogP contribution >= 0.6 is 22.9 Å². The Hall–Kier alpha value is -1.07. The van der Waals surface area contributed by atoms with Gasteiger partial charge in [0.1, 0.15) is 5.01 Å². The van der Waals surface area contributed by atoms with Crippen molar-refractivity contribution in [3.63, 3.8) is 0 Å². The second-order valence-electron chi connectivity index (χ2n) is 2.47. The highest BCUT2D eigenvalue weighted by molar-refractivity contribution is 7.12. The average Bonchev–Trinajstić information content (AvgIpc) is 2.71. The molecular formula is C8H7N3S2. The topological polar surface area (TPSA) is 38.7 Å². The Labute approximate surface area is 83.9 Å². The minimum atomic E-state index is 0.887. The molecule has 2 heterocycles. The van der Waals surface area contributed by atoms with Gasteiger partial charge in [-0.3, -0.25) is 0 Å². The minimum absolute atomic E-state index is 0.887. The fourth-order valence-electron chi connectivity index (χ4n) is 0.850. The first kappa shape index (κ1) is 8.52. The van der Waals surface area contributed by atoms with Gasteiger partial charge in [0, 0.05) is 16.5 Å². The smallest absolute Gasteiger partial charge is 0.116 e. The van der Waals surface area contributed by atoms with Crippen LogP contribution in [0.25, 0.3) is 12.2 Å². The maximum Gasteiger partial charge on any atom is 0.116 e. The Morgan fingerprint density at radius 3 is 2.92 bits per heavy atom. The predicted molar refractivity (Wildman–Crippen MR) is 55.7 cm³/mol. The predicted octanol–water partition coefficient (Wildman–Crippen LogP) is 2.47. The van der Waals surface area contributed by atoms with Gasteiger partial charge in [-0.15, -0.1) is 16.4 Å². The number of thiazole rings is 1. The first-order valence-corrected chi connectivity index (χ1v) is 5.37. The normalized spacial score (nSPS) is 11.2. The summed E-state index contributed by atoms with van der Waals surface area (Å²) in [5.74, 6) is 0. The molecule has 0 saturated carbocycles. The van der Waals surface area contributed by atoms with Crippen LogP contribution in [-0.2, 0) is 0 Å². The van der Waals surface area contributed by atoms with Crippen LogP contribution in [0.5, 0.6) is 0 Å². The van der Waals surface area contributed by atoms with Crippen molar-refractivity contribution >= 4 is 35.0 Å². The van der Waals surface area contributed by atoms with Crippen molar-refractivity contribution in [3.8, 4) is 0 Å². The molecule has 0 aliphatic heterocycles. The standard InChI is InChI=1S/C8H7N3S2/c1-6-4-9-8(13-6)3-2-7-5-12-11-10-7/h2-5H,1H3/b3-2+. The van der Waals surface area contributed by atoms with E-state index in [1.807, 2.05) is 30.7 Å². The fraction of sp³-hybridized carbons (Fsp3) is 0.125. The lowest BCUT2D eigenvalue weighted by Crippen LogP contribution is -1.70. The molecule has 66 valence electrons. The van der Waals surface area contributed by atoms with Gasteiger partial charge in [-0.05, 0) is 30.6 Å². The quantitative estimate of drug-likeness (QED) is 0.762. The molecule has 2 rings (SSSR count). The van der Waals surface area contributed by atoms with Gasteiger partial charge in [-0.1, -0.05) is 4.49 Å². The van der Waals surface area contributed by atoms with E-state index in [1.54, 1.807) is 11.3 Å². The Morgan fingerprint density at radius 1 is 1.38 bits per heavy atom. The van der Waals surface area contributed by atoms with Crippen LogP contribution < -0.4 is 0 Å². The third-order valence-corrected chi connectivity index (χ3v) is 2.81. The molecule has 0 aromatic carbocycles. The fourth-order valence-corrected chi connectivity index (χ4v) is 1.95. The monoisotopic (exact) mass is 209 g/mol. The summed E-state index contributed by atoms with van der Waals surface area (Å²) < 4.78 is 3.76. The van der Waals surface area contributed by atoms with Crippen molar-refractivity contribution in [1.29, 1.82) is 0 Å². The van der Waals surface area contributed by atoms with E-state index in [0.717, 1.165) is 10.7 Å². The molecule has 13 heavy (non-hydrogen) atoms. The molecule has 0 spiro atoms. The van der Waals surface area contributed by atoms with Gasteiger partial charge < -0.3 is 0 Å². The van der Waals surface area contributed by atoms with Crippen molar-refractivity contribution < 1.29 is 0 Å². The van der Waals surface area contributed by atoms with E-state index in [1.165, 1.54) is 16.4 Å². The Morgan fingerprint density at radius 2 is 2.31 bits per heavy atom. The number of aromatic nitrogens is 3. The molecule has 0 unspecified atom stereocenters. The molecule has 0 amide bonds. The van der Waals surface area contributed by atoms with Gasteiger partial charge in [0.2, 0.25) is 0 Å². The molecule has 5 heteroatoms. The number of rotatable bonds is 2. The van der Waals surface area contributed by atoms with Gasteiger partial charge in [0.05, 0.1) is 5.69 Å². The highest BCUT2D eigenvalue weighted by Crippen LogP contribution is 2.14. The minimum Gasteiger partial charge on any atom is -0.245 e. The van der Waals surface area contributed by atoms with Crippen molar-refractivity contribution in [1.82, 2.24) is 14.6 Å². The van der Waals surface area contributed by atoms with Gasteiger partial charge in [-0.2, -0.15) is 0 Å². The largest absolute Gasteiger partial charge is 0.245 e. The Bertz CT molecular complexity index is 403. The molecule has 0 aliphatic carbocycles. The molecule has 0 radical (unpaired) electrons. The first-order chi connectivity index (χ1) is 6.34. The van der Waals surface area contributed by atoms with Crippen molar-refractivity contribution in [2.75, 3.05) is 0 Å². The molecule has 0 saturated heterocycles. The third-order valence-electron chi connectivity index (χ3n) is 1.41. The van der Waals surface area contributed by atoms with Gasteiger partial charge in [0.15, 0.2) is 0 Å². The highest BCUT2D eigenvalue weighted by Gasteiger charge is 1.93. The molecule has 0 atom stereocenters. The average molecular weight is 209 g/mol. The Kier molecular flexibility index (Phi) is 2.47. The van der Waals surface area contributed by atoms with E-state index in [9.17, 15) is 0 Å². The lowest BCUT2D eigenvalue weighted by atomic mass is 10.4. The van der Waals surface area contributed by atoms with Crippen LogP contribution in [0.1, 0.15) is 15.6 Å². The lowest BCUT2D eigenvalue weighted by molar-refractivity contribution is 1.14. The van der Waals surface area contributed by atoms with E-state index in [-0.39, 0.29) is 0 Å². The van der Waals surface area contributed by atoms with Crippen LogP contribution in [0, 0.1) is 6.92 Å². The van der Waals surface area contributed by atoms with Crippen LogP contribution in [0.3, 0.4) is 0 Å². The second kappa shape index (κ2) is 3.76. The van der Waals surface area contributed by atoms with Crippen molar-refractivity contribution in [2.24, 2.45) is 0 Å². The zero-order valence-electron chi connectivity index (χ0n) is 6.97.